The Labute approximate surface area is 322 Å². The summed E-state index contributed by atoms with van der Waals surface area (Å²) in [4.78, 5) is 43.7. The Bertz CT molecular complexity index is 1880. The number of alkyl halides is 3. The predicted molar refractivity (Wildman–Crippen MR) is 184 cm³/mol. The summed E-state index contributed by atoms with van der Waals surface area (Å²) in [6.07, 6.45) is 4.68. The number of aromatic amines is 1. The quantitative estimate of drug-likeness (QED) is 0.213. The molecule has 272 valence electrons. The van der Waals surface area contributed by atoms with E-state index in [1.807, 2.05) is 13.1 Å². The topological polar surface area (TPSA) is 139 Å². The molecule has 7 rings (SSSR count). The molecule has 0 unspecified atom stereocenters. The third-order valence-corrected chi connectivity index (χ3v) is 10.5. The van der Waals surface area contributed by atoms with Gasteiger partial charge in [-0.2, -0.15) is 13.2 Å². The van der Waals surface area contributed by atoms with Crippen LogP contribution in [0, 0.1) is 5.41 Å². The summed E-state index contributed by atoms with van der Waals surface area (Å²) in [5.74, 6) is 0.113. The molecular weight excluding hydrogens is 686 g/mol. The van der Waals surface area contributed by atoms with E-state index in [9.17, 15) is 23.1 Å². The number of imidazole rings is 1. The molecule has 2 aliphatic carbocycles. The standard InChI is InChI=1S/C36H44F3N9O3.Na/c1-22-19-48(13-12-47(22)11-8-31(49)50)30-18-40-27(17-41-30)33-44-32-28(46(2)20-35(21-51-3)9-4-5-10-35)16-26(43-34(32)45-33)24-14-25(23-6-7-23)42-29(15-24)36(37,38)39;/h14-18,22-23H,4-13,19-21H2,1-3H3,(H,49,50)(H,43,44,45);/q;+1/p-1/t22-;/m1./s1. The van der Waals surface area contributed by atoms with Crippen LogP contribution in [0.25, 0.3) is 33.9 Å². The van der Waals surface area contributed by atoms with Crippen molar-refractivity contribution in [3.63, 3.8) is 0 Å². The number of carboxylic acid groups (broad SMARTS) is 1. The van der Waals surface area contributed by atoms with Crippen LogP contribution < -0.4 is 44.5 Å². The van der Waals surface area contributed by atoms with Gasteiger partial charge in [0.15, 0.2) is 11.5 Å². The van der Waals surface area contributed by atoms with Gasteiger partial charge in [-0.15, -0.1) is 0 Å². The van der Waals surface area contributed by atoms with E-state index in [0.29, 0.717) is 84.8 Å². The van der Waals surface area contributed by atoms with Crippen LogP contribution in [0.15, 0.2) is 30.6 Å². The molecule has 12 nitrogen and oxygen atoms in total. The van der Waals surface area contributed by atoms with Gasteiger partial charge in [0.25, 0.3) is 0 Å². The normalized spacial score (nSPS) is 19.2. The number of fused-ring (bicyclic) bond motifs is 1. The van der Waals surface area contributed by atoms with Crippen molar-refractivity contribution < 1.29 is 57.4 Å². The van der Waals surface area contributed by atoms with Gasteiger partial charge in [-0.25, -0.2) is 24.9 Å². The average Bonchev–Trinajstić information content (AvgIpc) is 3.71. The number of methoxy groups -OCH3 is 1. The second-order valence-electron chi connectivity index (χ2n) is 14.5. The van der Waals surface area contributed by atoms with Crippen LogP contribution in [0.1, 0.15) is 69.2 Å². The molecule has 5 heterocycles. The number of piperazine rings is 1. The minimum absolute atomic E-state index is 0. The van der Waals surface area contributed by atoms with Crippen molar-refractivity contribution in [2.45, 2.75) is 70.0 Å². The molecular formula is C36H43F3N9NaO3. The molecule has 52 heavy (non-hydrogen) atoms. The molecule has 1 aliphatic heterocycles. The van der Waals surface area contributed by atoms with Crippen LogP contribution in [0.2, 0.25) is 0 Å². The van der Waals surface area contributed by atoms with Crippen molar-refractivity contribution in [2.24, 2.45) is 5.41 Å². The second-order valence-corrected chi connectivity index (χ2v) is 14.5. The summed E-state index contributed by atoms with van der Waals surface area (Å²) in [5, 5.41) is 10.9. The first-order valence-electron chi connectivity index (χ1n) is 17.6. The van der Waals surface area contributed by atoms with Crippen LogP contribution in [-0.2, 0) is 15.7 Å². The summed E-state index contributed by atoms with van der Waals surface area (Å²) in [5.41, 5.74) is 2.50. The van der Waals surface area contributed by atoms with Gasteiger partial charge in [0.05, 0.1) is 30.4 Å². The van der Waals surface area contributed by atoms with Crippen molar-refractivity contribution in [3.05, 3.63) is 42.0 Å². The van der Waals surface area contributed by atoms with Crippen molar-refractivity contribution in [2.75, 3.05) is 63.3 Å². The number of pyridine rings is 2. The Balaban J connectivity index is 0.00000464. The molecule has 1 N–H and O–H groups in total. The van der Waals surface area contributed by atoms with E-state index >= 15 is 0 Å². The van der Waals surface area contributed by atoms with Crippen molar-refractivity contribution >= 4 is 28.6 Å². The fraction of sp³-hybridized carbons (Fsp3) is 0.556. The van der Waals surface area contributed by atoms with Crippen LogP contribution in [-0.4, -0.2) is 100 Å². The van der Waals surface area contributed by atoms with Gasteiger partial charge in [-0.3, -0.25) is 4.90 Å². The number of ether oxygens (including phenoxy) is 1. The van der Waals surface area contributed by atoms with E-state index < -0.39 is 17.8 Å². The summed E-state index contributed by atoms with van der Waals surface area (Å²) in [7, 11) is 3.71. The van der Waals surface area contributed by atoms with Crippen molar-refractivity contribution in [1.82, 2.24) is 34.8 Å². The van der Waals surface area contributed by atoms with Gasteiger partial charge < -0.3 is 29.4 Å². The maximum absolute atomic E-state index is 14.0. The van der Waals surface area contributed by atoms with Crippen LogP contribution in [0.3, 0.4) is 0 Å². The molecule has 2 saturated carbocycles. The molecule has 1 atom stereocenters. The van der Waals surface area contributed by atoms with Crippen LogP contribution in [0.4, 0.5) is 24.7 Å². The molecule has 4 aromatic rings. The number of aliphatic carboxylic acids is 1. The number of carbonyl (C=O) groups is 1. The molecule has 0 radical (unpaired) electrons. The SMILES string of the molecule is COCC1(CN(C)c2cc(-c3cc(C4CC4)nc(C(F)(F)F)c3)nc3nc(-c4cnc(N5CCN(CCC(=O)[O-])[C@H](C)C5)cn4)[nH]c23)CCCC1.[Na+]. The van der Waals surface area contributed by atoms with Crippen molar-refractivity contribution in [3.8, 4) is 22.8 Å². The molecule has 4 aromatic heterocycles. The smallest absolute Gasteiger partial charge is 0.550 e. The van der Waals surface area contributed by atoms with Crippen molar-refractivity contribution in [1.29, 1.82) is 0 Å². The largest absolute Gasteiger partial charge is 1.00 e. The number of hydrogen-bond donors (Lipinski definition) is 1. The van der Waals surface area contributed by atoms with Crippen LogP contribution >= 0.6 is 0 Å². The molecule has 0 bridgehead atoms. The predicted octanol–water partition coefficient (Wildman–Crippen LogP) is 1.67. The zero-order valence-electron chi connectivity index (χ0n) is 30.2. The Kier molecular flexibility index (Phi) is 11.5. The Morgan fingerprint density at radius 2 is 1.85 bits per heavy atom. The van der Waals surface area contributed by atoms with E-state index in [1.54, 1.807) is 25.6 Å². The summed E-state index contributed by atoms with van der Waals surface area (Å²) in [6, 6.07) is 4.78. The first-order chi connectivity index (χ1) is 24.4. The Hall–Kier alpha value is -3.37. The summed E-state index contributed by atoms with van der Waals surface area (Å²) < 4.78 is 47.7. The fourth-order valence-corrected chi connectivity index (χ4v) is 7.72. The third-order valence-electron chi connectivity index (χ3n) is 10.5. The maximum atomic E-state index is 14.0. The van der Waals surface area contributed by atoms with Gasteiger partial charge in [0, 0.05) is 81.5 Å². The van der Waals surface area contributed by atoms with E-state index in [0.717, 1.165) is 50.3 Å². The van der Waals surface area contributed by atoms with Gasteiger partial charge in [-0.05, 0) is 57.2 Å². The number of halogens is 3. The summed E-state index contributed by atoms with van der Waals surface area (Å²) in [6.45, 7) is 5.86. The van der Waals surface area contributed by atoms with Crippen LogP contribution in [0.5, 0.6) is 0 Å². The van der Waals surface area contributed by atoms with Gasteiger partial charge in [-0.1, -0.05) is 12.8 Å². The number of anilines is 2. The summed E-state index contributed by atoms with van der Waals surface area (Å²) >= 11 is 0. The van der Waals surface area contributed by atoms with Gasteiger partial charge in [0.1, 0.15) is 22.7 Å². The Morgan fingerprint density at radius 3 is 2.48 bits per heavy atom. The molecule has 0 amide bonds. The number of carbonyl (C=O) groups excluding carboxylic acids is 1. The number of nitrogens with one attached hydrogen (secondary N) is 1. The molecule has 1 saturated heterocycles. The average molecular weight is 730 g/mol. The zero-order chi connectivity index (χ0) is 35.9. The minimum atomic E-state index is -4.59. The first kappa shape index (κ1) is 38.4. The monoisotopic (exact) mass is 729 g/mol. The minimum Gasteiger partial charge on any atom is -0.550 e. The van der Waals surface area contributed by atoms with Gasteiger partial charge in [0.2, 0.25) is 0 Å². The zero-order valence-corrected chi connectivity index (χ0v) is 32.2. The number of H-pyrrole nitrogens is 1. The third kappa shape index (κ3) is 8.38. The Morgan fingerprint density at radius 1 is 1.08 bits per heavy atom. The number of carboxylic acids is 1. The number of rotatable bonds is 12. The molecule has 3 aliphatic rings. The fourth-order valence-electron chi connectivity index (χ4n) is 7.72. The van der Waals surface area contributed by atoms with E-state index in [4.69, 9.17) is 19.7 Å². The number of aromatic nitrogens is 6. The molecule has 16 heteroatoms. The van der Waals surface area contributed by atoms with Gasteiger partial charge >= 0.3 is 35.7 Å². The number of nitrogens with zero attached hydrogens (tertiary/aromatic N) is 8. The molecule has 0 spiro atoms. The maximum Gasteiger partial charge on any atom is 1.00 e. The van der Waals surface area contributed by atoms with E-state index in [1.165, 1.54) is 0 Å². The van der Waals surface area contributed by atoms with E-state index in [-0.39, 0.29) is 53.4 Å². The molecule has 0 aromatic carbocycles. The van der Waals surface area contributed by atoms with E-state index in [2.05, 4.69) is 36.6 Å². The second kappa shape index (κ2) is 15.5. The first-order valence-corrected chi connectivity index (χ1v) is 17.6. The molecule has 3 fully saturated rings. The number of hydrogen-bond acceptors (Lipinski definition) is 11.